The molecule has 0 spiro atoms. The van der Waals surface area contributed by atoms with Crippen LogP contribution in [0.2, 0.25) is 0 Å². The summed E-state index contributed by atoms with van der Waals surface area (Å²) in [6, 6.07) is 1.90. The Morgan fingerprint density at radius 1 is 1.59 bits per heavy atom. The summed E-state index contributed by atoms with van der Waals surface area (Å²) in [6.07, 6.45) is 7.78. The van der Waals surface area contributed by atoms with E-state index in [2.05, 4.69) is 22.6 Å². The fourth-order valence-electron chi connectivity index (χ4n) is 2.02. The number of nitrogens with zero attached hydrogens (tertiary/aromatic N) is 1. The van der Waals surface area contributed by atoms with E-state index in [1.807, 2.05) is 13.0 Å². The first kappa shape index (κ1) is 11.9. The normalized spacial score (nSPS) is 19.2. The maximum absolute atomic E-state index is 11.8. The lowest BCUT2D eigenvalue weighted by Gasteiger charge is -2.16. The summed E-state index contributed by atoms with van der Waals surface area (Å²) in [5.74, 6) is 1.13. The number of allylic oxidation sites excluding steroid dienone is 2. The SMILES string of the molecule is Cc1cc(CCNC(=O)[C@H]2CC=CCC2)on1. The van der Waals surface area contributed by atoms with Gasteiger partial charge in [0.25, 0.3) is 0 Å². The van der Waals surface area contributed by atoms with Crippen molar-refractivity contribution in [3.63, 3.8) is 0 Å². The number of hydrogen-bond acceptors (Lipinski definition) is 3. The zero-order valence-corrected chi connectivity index (χ0v) is 10.1. The van der Waals surface area contributed by atoms with Crippen LogP contribution >= 0.6 is 0 Å². The van der Waals surface area contributed by atoms with Gasteiger partial charge < -0.3 is 9.84 Å². The average molecular weight is 234 g/mol. The summed E-state index contributed by atoms with van der Waals surface area (Å²) < 4.78 is 5.08. The van der Waals surface area contributed by atoms with E-state index in [0.29, 0.717) is 13.0 Å². The lowest BCUT2D eigenvalue weighted by Crippen LogP contribution is -2.32. The van der Waals surface area contributed by atoms with Gasteiger partial charge in [-0.05, 0) is 26.2 Å². The lowest BCUT2D eigenvalue weighted by molar-refractivity contribution is -0.125. The van der Waals surface area contributed by atoms with E-state index in [1.165, 1.54) is 0 Å². The van der Waals surface area contributed by atoms with Gasteiger partial charge in [-0.2, -0.15) is 0 Å². The molecule has 0 bridgehead atoms. The van der Waals surface area contributed by atoms with E-state index in [0.717, 1.165) is 30.7 Å². The summed E-state index contributed by atoms with van der Waals surface area (Å²) in [7, 11) is 0. The molecular weight excluding hydrogens is 216 g/mol. The predicted octanol–water partition coefficient (Wildman–Crippen LogP) is 2.00. The molecule has 0 aromatic carbocycles. The van der Waals surface area contributed by atoms with Crippen LogP contribution in [0.1, 0.15) is 30.7 Å². The Labute approximate surface area is 101 Å². The summed E-state index contributed by atoms with van der Waals surface area (Å²) in [4.78, 5) is 11.8. The molecule has 0 saturated carbocycles. The summed E-state index contributed by atoms with van der Waals surface area (Å²) in [5, 5.41) is 6.76. The summed E-state index contributed by atoms with van der Waals surface area (Å²) in [5.41, 5.74) is 0.878. The van der Waals surface area contributed by atoms with Crippen LogP contribution in [-0.2, 0) is 11.2 Å². The maximum atomic E-state index is 11.8. The van der Waals surface area contributed by atoms with Gasteiger partial charge in [0, 0.05) is 24.9 Å². The van der Waals surface area contributed by atoms with E-state index in [9.17, 15) is 4.79 Å². The molecule has 1 amide bonds. The van der Waals surface area contributed by atoms with Gasteiger partial charge in [0.2, 0.25) is 5.91 Å². The molecule has 4 nitrogen and oxygen atoms in total. The van der Waals surface area contributed by atoms with E-state index in [-0.39, 0.29) is 11.8 Å². The molecule has 4 heteroatoms. The molecular formula is C13H18N2O2. The molecule has 1 N–H and O–H groups in total. The van der Waals surface area contributed by atoms with Crippen LogP contribution in [0.3, 0.4) is 0 Å². The molecule has 1 aliphatic carbocycles. The molecule has 1 heterocycles. The average Bonchev–Trinajstić information content (AvgIpc) is 2.76. The number of aryl methyl sites for hydroxylation is 1. The molecule has 1 atom stereocenters. The Balaban J connectivity index is 1.71. The highest BCUT2D eigenvalue weighted by atomic mass is 16.5. The first-order valence-electron chi connectivity index (χ1n) is 6.10. The summed E-state index contributed by atoms with van der Waals surface area (Å²) >= 11 is 0. The van der Waals surface area contributed by atoms with Crippen molar-refractivity contribution in [3.05, 3.63) is 29.7 Å². The van der Waals surface area contributed by atoms with Crippen LogP contribution in [-0.4, -0.2) is 17.6 Å². The Kier molecular flexibility index (Phi) is 3.96. The van der Waals surface area contributed by atoms with Gasteiger partial charge >= 0.3 is 0 Å². The molecule has 1 aromatic heterocycles. The quantitative estimate of drug-likeness (QED) is 0.811. The molecule has 1 aromatic rings. The van der Waals surface area contributed by atoms with Crippen molar-refractivity contribution >= 4 is 5.91 Å². The predicted molar refractivity (Wildman–Crippen MR) is 64.4 cm³/mol. The molecule has 92 valence electrons. The van der Waals surface area contributed by atoms with Crippen LogP contribution in [0.5, 0.6) is 0 Å². The molecule has 2 rings (SSSR count). The van der Waals surface area contributed by atoms with Gasteiger partial charge in [0.1, 0.15) is 5.76 Å². The van der Waals surface area contributed by atoms with Crippen LogP contribution < -0.4 is 5.32 Å². The fourth-order valence-corrected chi connectivity index (χ4v) is 2.02. The minimum absolute atomic E-state index is 0.150. The Morgan fingerprint density at radius 2 is 2.47 bits per heavy atom. The van der Waals surface area contributed by atoms with Crippen LogP contribution in [0.4, 0.5) is 0 Å². The van der Waals surface area contributed by atoms with Gasteiger partial charge in [-0.25, -0.2) is 0 Å². The van der Waals surface area contributed by atoms with Crippen molar-refractivity contribution in [3.8, 4) is 0 Å². The second kappa shape index (κ2) is 5.66. The van der Waals surface area contributed by atoms with Crippen LogP contribution in [0.25, 0.3) is 0 Å². The van der Waals surface area contributed by atoms with Gasteiger partial charge in [-0.3, -0.25) is 4.79 Å². The van der Waals surface area contributed by atoms with E-state index in [1.54, 1.807) is 0 Å². The minimum atomic E-state index is 0.150. The van der Waals surface area contributed by atoms with E-state index < -0.39 is 0 Å². The van der Waals surface area contributed by atoms with Gasteiger partial charge in [-0.1, -0.05) is 17.3 Å². The number of carbonyl (C=O) groups is 1. The highest BCUT2D eigenvalue weighted by Crippen LogP contribution is 2.17. The monoisotopic (exact) mass is 234 g/mol. The number of carbonyl (C=O) groups excluding carboxylic acids is 1. The van der Waals surface area contributed by atoms with Crippen molar-refractivity contribution < 1.29 is 9.32 Å². The van der Waals surface area contributed by atoms with E-state index >= 15 is 0 Å². The molecule has 1 aliphatic rings. The third kappa shape index (κ3) is 3.44. The van der Waals surface area contributed by atoms with Crippen LogP contribution in [0, 0.1) is 12.8 Å². The Hall–Kier alpha value is -1.58. The number of aromatic nitrogens is 1. The second-order valence-electron chi connectivity index (χ2n) is 4.46. The second-order valence-corrected chi connectivity index (χ2v) is 4.46. The zero-order chi connectivity index (χ0) is 12.1. The molecule has 0 saturated heterocycles. The first-order valence-corrected chi connectivity index (χ1v) is 6.10. The number of hydrogen-bond donors (Lipinski definition) is 1. The molecule has 0 aliphatic heterocycles. The molecule has 0 radical (unpaired) electrons. The zero-order valence-electron chi connectivity index (χ0n) is 10.1. The number of rotatable bonds is 4. The topological polar surface area (TPSA) is 55.1 Å². The molecule has 17 heavy (non-hydrogen) atoms. The standard InChI is InChI=1S/C13H18N2O2/c1-10-9-12(17-15-10)7-8-14-13(16)11-5-3-2-4-6-11/h2-3,9,11H,4-8H2,1H3,(H,14,16)/t11-/m0/s1. The highest BCUT2D eigenvalue weighted by Gasteiger charge is 2.17. The highest BCUT2D eigenvalue weighted by molar-refractivity contribution is 5.78. The maximum Gasteiger partial charge on any atom is 0.223 e. The Morgan fingerprint density at radius 3 is 3.12 bits per heavy atom. The third-order valence-corrected chi connectivity index (χ3v) is 2.99. The number of nitrogens with one attached hydrogen (secondary N) is 1. The Bertz CT molecular complexity index is 409. The van der Waals surface area contributed by atoms with Crippen molar-refractivity contribution in [2.24, 2.45) is 5.92 Å². The van der Waals surface area contributed by atoms with Gasteiger partial charge in [0.15, 0.2) is 0 Å². The first-order chi connectivity index (χ1) is 8.25. The molecule has 0 fully saturated rings. The number of amides is 1. The third-order valence-electron chi connectivity index (χ3n) is 2.99. The van der Waals surface area contributed by atoms with Crippen molar-refractivity contribution in [1.29, 1.82) is 0 Å². The lowest BCUT2D eigenvalue weighted by atomic mass is 9.94. The van der Waals surface area contributed by atoms with Crippen LogP contribution in [0.15, 0.2) is 22.7 Å². The van der Waals surface area contributed by atoms with Crippen molar-refractivity contribution in [2.75, 3.05) is 6.54 Å². The fraction of sp³-hybridized carbons (Fsp3) is 0.538. The largest absolute Gasteiger partial charge is 0.361 e. The van der Waals surface area contributed by atoms with Crippen molar-refractivity contribution in [1.82, 2.24) is 10.5 Å². The minimum Gasteiger partial charge on any atom is -0.361 e. The van der Waals surface area contributed by atoms with Gasteiger partial charge in [-0.15, -0.1) is 0 Å². The van der Waals surface area contributed by atoms with Gasteiger partial charge in [0.05, 0.1) is 5.69 Å². The smallest absolute Gasteiger partial charge is 0.223 e. The van der Waals surface area contributed by atoms with E-state index in [4.69, 9.17) is 4.52 Å². The van der Waals surface area contributed by atoms with Crippen molar-refractivity contribution in [2.45, 2.75) is 32.6 Å². The molecule has 0 unspecified atom stereocenters. The summed E-state index contributed by atoms with van der Waals surface area (Å²) in [6.45, 7) is 2.51.